The van der Waals surface area contributed by atoms with Crippen molar-refractivity contribution in [2.24, 2.45) is 11.8 Å². The Balaban J connectivity index is 0.00000289. The molecular weight excluding hydrogens is 562 g/mol. The van der Waals surface area contributed by atoms with Crippen LogP contribution < -0.4 is 21.7 Å². The van der Waals surface area contributed by atoms with Gasteiger partial charge in [-0.1, -0.05) is 42.5 Å². The third kappa shape index (κ3) is 4.30. The zero-order valence-electron chi connectivity index (χ0n) is 22.7. The molecule has 3 fully saturated rings. The SMILES string of the molecule is C=CC1C[N@+]2(Cc3c4ccccc4nc4ccccc34)CC[C@@H]1C[C@@H]2C(O)c1ccnc2ccc(OC)cc12.[Br-]. The Kier molecular flexibility index (Phi) is 7.11. The van der Waals surface area contributed by atoms with Crippen LogP contribution in [0, 0.1) is 11.8 Å². The van der Waals surface area contributed by atoms with Gasteiger partial charge in [0.2, 0.25) is 0 Å². The van der Waals surface area contributed by atoms with Gasteiger partial charge in [0.25, 0.3) is 0 Å². The van der Waals surface area contributed by atoms with Crippen molar-refractivity contribution in [2.45, 2.75) is 31.5 Å². The van der Waals surface area contributed by atoms with E-state index in [1.54, 1.807) is 7.11 Å². The monoisotopic (exact) mass is 595 g/mol. The number of hydrogen-bond donors (Lipinski definition) is 1. The Hall–Kier alpha value is -3.32. The molecule has 3 saturated heterocycles. The van der Waals surface area contributed by atoms with E-state index in [1.165, 1.54) is 16.3 Å². The highest BCUT2D eigenvalue weighted by Crippen LogP contribution is 2.49. The first-order valence-corrected chi connectivity index (χ1v) is 14.0. The second-order valence-electron chi connectivity index (χ2n) is 11.4. The first kappa shape index (κ1) is 26.9. The number of pyridine rings is 2. The fourth-order valence-corrected chi connectivity index (χ4v) is 7.53. The predicted octanol–water partition coefficient (Wildman–Crippen LogP) is 3.59. The lowest BCUT2D eigenvalue weighted by Crippen LogP contribution is -3.00. The zero-order valence-corrected chi connectivity index (χ0v) is 24.3. The van der Waals surface area contributed by atoms with E-state index in [4.69, 9.17) is 9.72 Å². The molecule has 204 valence electrons. The standard InChI is InChI=1S/C34H34N3O2.BrH/c1-3-22-20-37(21-29-25-8-4-6-10-31(25)36-32-11-7-5-9-26(29)32)17-15-23(22)18-33(37)34(38)27-14-16-35-30-13-12-24(39-2)19-28(27)30;/h3-14,16,19,22-23,33-34,38H,1,15,17-18,20-21H2,2H3;1H/q+1;/p-1/t22?,23-,33-,34?,37+;/m1./s1. The Morgan fingerprint density at radius 2 is 1.73 bits per heavy atom. The minimum atomic E-state index is -0.615. The maximum absolute atomic E-state index is 12.2. The molecule has 0 saturated carbocycles. The fraction of sp³-hybridized carbons (Fsp3) is 0.294. The van der Waals surface area contributed by atoms with E-state index in [0.29, 0.717) is 11.8 Å². The maximum Gasteiger partial charge on any atom is 0.131 e. The normalized spacial score (nSPS) is 24.6. The fourth-order valence-electron chi connectivity index (χ4n) is 7.53. The number of ether oxygens (including phenoxy) is 1. The van der Waals surface area contributed by atoms with E-state index in [-0.39, 0.29) is 23.0 Å². The minimum Gasteiger partial charge on any atom is -1.00 e. The first-order valence-electron chi connectivity index (χ1n) is 14.0. The van der Waals surface area contributed by atoms with Gasteiger partial charge >= 0.3 is 0 Å². The molecule has 6 heteroatoms. The van der Waals surface area contributed by atoms with E-state index < -0.39 is 6.10 Å². The van der Waals surface area contributed by atoms with Gasteiger partial charge in [-0.2, -0.15) is 0 Å². The van der Waals surface area contributed by atoms with E-state index >= 15 is 0 Å². The maximum atomic E-state index is 12.2. The molecule has 1 N–H and O–H groups in total. The molecule has 40 heavy (non-hydrogen) atoms. The van der Waals surface area contributed by atoms with Gasteiger partial charge in [0.1, 0.15) is 24.4 Å². The predicted molar refractivity (Wildman–Crippen MR) is 156 cm³/mol. The quantitative estimate of drug-likeness (QED) is 0.185. The largest absolute Gasteiger partial charge is 1.00 e. The molecule has 2 aromatic heterocycles. The van der Waals surface area contributed by atoms with Crippen LogP contribution in [0.25, 0.3) is 32.7 Å². The van der Waals surface area contributed by atoms with Crippen LogP contribution in [0.2, 0.25) is 0 Å². The average molecular weight is 597 g/mol. The molecular formula is C34H34BrN3O2. The van der Waals surface area contributed by atoms with Gasteiger partial charge in [0.15, 0.2) is 0 Å². The minimum absolute atomic E-state index is 0. The van der Waals surface area contributed by atoms with Crippen LogP contribution in [0.5, 0.6) is 5.75 Å². The number of piperidine rings is 3. The highest BCUT2D eigenvalue weighted by Gasteiger charge is 2.54. The van der Waals surface area contributed by atoms with Gasteiger partial charge in [-0.25, -0.2) is 4.98 Å². The second-order valence-corrected chi connectivity index (χ2v) is 11.4. The lowest BCUT2D eigenvalue weighted by atomic mass is 9.71. The number of aliphatic hydroxyl groups excluding tert-OH is 1. The number of aromatic nitrogens is 2. The summed E-state index contributed by atoms with van der Waals surface area (Å²) >= 11 is 0. The van der Waals surface area contributed by atoms with Crippen molar-refractivity contribution in [1.82, 2.24) is 9.97 Å². The number of para-hydroxylation sites is 2. The van der Waals surface area contributed by atoms with Crippen molar-refractivity contribution >= 4 is 32.7 Å². The topological polar surface area (TPSA) is 55.2 Å². The van der Waals surface area contributed by atoms with Gasteiger partial charge in [-0.05, 0) is 47.9 Å². The molecule has 3 aliphatic heterocycles. The summed E-state index contributed by atoms with van der Waals surface area (Å²) in [6, 6.07) is 25.0. The number of aliphatic hydroxyl groups is 1. The molecule has 0 radical (unpaired) electrons. The van der Waals surface area contributed by atoms with E-state index in [1.807, 2.05) is 30.5 Å². The molecule has 3 aliphatic rings. The summed E-state index contributed by atoms with van der Waals surface area (Å²) in [4.78, 5) is 9.56. The molecule has 5 aromatic rings. The molecule has 5 atom stereocenters. The Morgan fingerprint density at radius 3 is 2.42 bits per heavy atom. The zero-order chi connectivity index (χ0) is 26.6. The van der Waals surface area contributed by atoms with Crippen LogP contribution >= 0.6 is 0 Å². The highest BCUT2D eigenvalue weighted by molar-refractivity contribution is 5.97. The first-order chi connectivity index (χ1) is 19.1. The van der Waals surface area contributed by atoms with Crippen LogP contribution in [0.1, 0.15) is 30.1 Å². The molecule has 0 spiro atoms. The third-order valence-electron chi connectivity index (χ3n) is 9.51. The van der Waals surface area contributed by atoms with Crippen molar-refractivity contribution in [3.8, 4) is 5.75 Å². The number of nitrogens with zero attached hydrogens (tertiary/aromatic N) is 3. The number of benzene rings is 3. The smallest absolute Gasteiger partial charge is 0.131 e. The van der Waals surface area contributed by atoms with E-state index in [9.17, 15) is 5.11 Å². The van der Waals surface area contributed by atoms with Gasteiger partial charge in [-0.3, -0.25) is 4.98 Å². The number of halogens is 1. The molecule has 5 heterocycles. The number of fused-ring (bicyclic) bond motifs is 6. The Bertz CT molecular complexity index is 1670. The summed E-state index contributed by atoms with van der Waals surface area (Å²) in [5.41, 5.74) is 5.21. The molecule has 0 amide bonds. The third-order valence-corrected chi connectivity index (χ3v) is 9.51. The number of rotatable bonds is 6. The van der Waals surface area contributed by atoms with Gasteiger partial charge in [0.05, 0.1) is 36.7 Å². The van der Waals surface area contributed by atoms with Gasteiger partial charge < -0.3 is 31.3 Å². The van der Waals surface area contributed by atoms with Crippen molar-refractivity contribution < 1.29 is 31.3 Å². The van der Waals surface area contributed by atoms with Crippen LogP contribution in [0.15, 0.2) is 91.6 Å². The lowest BCUT2D eigenvalue weighted by molar-refractivity contribution is -0.984. The van der Waals surface area contributed by atoms with E-state index in [0.717, 1.165) is 70.2 Å². The molecule has 5 nitrogen and oxygen atoms in total. The van der Waals surface area contributed by atoms with Crippen LogP contribution in [0.4, 0.5) is 0 Å². The summed E-state index contributed by atoms with van der Waals surface area (Å²) in [7, 11) is 1.68. The van der Waals surface area contributed by atoms with Crippen LogP contribution in [-0.4, -0.2) is 45.8 Å². The summed E-state index contributed by atoms with van der Waals surface area (Å²) < 4.78 is 6.38. The van der Waals surface area contributed by atoms with E-state index in [2.05, 4.69) is 66.2 Å². The van der Waals surface area contributed by atoms with Gasteiger partial charge in [-0.15, -0.1) is 6.58 Å². The van der Waals surface area contributed by atoms with Gasteiger partial charge in [0, 0.05) is 46.7 Å². The summed E-state index contributed by atoms with van der Waals surface area (Å²) in [5.74, 6) is 1.78. The molecule has 3 aromatic carbocycles. The van der Waals surface area contributed by atoms with Crippen molar-refractivity contribution in [1.29, 1.82) is 0 Å². The average Bonchev–Trinajstić information content (AvgIpc) is 3.00. The number of methoxy groups -OCH3 is 1. The summed E-state index contributed by atoms with van der Waals surface area (Å²) in [6.07, 6.45) is 5.51. The van der Waals surface area contributed by atoms with Crippen molar-refractivity contribution in [3.63, 3.8) is 0 Å². The molecule has 2 unspecified atom stereocenters. The lowest BCUT2D eigenvalue weighted by Gasteiger charge is -2.58. The summed E-state index contributed by atoms with van der Waals surface area (Å²) in [6.45, 7) is 7.12. The van der Waals surface area contributed by atoms with Crippen molar-refractivity contribution in [2.75, 3.05) is 20.2 Å². The van der Waals surface area contributed by atoms with Crippen LogP contribution in [-0.2, 0) is 6.54 Å². The Morgan fingerprint density at radius 1 is 1.00 bits per heavy atom. The number of quaternary nitrogens is 1. The Labute approximate surface area is 245 Å². The molecule has 2 bridgehead atoms. The van der Waals surface area contributed by atoms with Crippen LogP contribution in [0.3, 0.4) is 0 Å². The number of hydrogen-bond acceptors (Lipinski definition) is 4. The highest BCUT2D eigenvalue weighted by atomic mass is 79.9. The second kappa shape index (κ2) is 10.6. The molecule has 8 rings (SSSR count). The van der Waals surface area contributed by atoms with Crippen molar-refractivity contribution in [3.05, 3.63) is 103 Å². The molecule has 0 aliphatic carbocycles. The summed E-state index contributed by atoms with van der Waals surface area (Å²) in [5, 5.41) is 15.6.